The first-order valence-electron chi connectivity index (χ1n) is 15.7. The molecule has 0 rings (SSSR count). The van der Waals surface area contributed by atoms with Gasteiger partial charge in [-0.3, -0.25) is 9.59 Å². The number of rotatable bonds is 27. The molecular weight excluding hydrogens is 510 g/mol. The summed E-state index contributed by atoms with van der Waals surface area (Å²) < 4.78 is 16.3. The number of carbonyl (C=O) groups is 3. The summed E-state index contributed by atoms with van der Waals surface area (Å²) in [6, 6.07) is -0.717. The van der Waals surface area contributed by atoms with Crippen LogP contribution in [0.15, 0.2) is 12.2 Å². The van der Waals surface area contributed by atoms with E-state index in [-0.39, 0.29) is 36.7 Å². The summed E-state index contributed by atoms with van der Waals surface area (Å²) in [5.41, 5.74) is 0. The fourth-order valence-electron chi connectivity index (χ4n) is 4.50. The smallest absolute Gasteiger partial charge is 0.306 e. The summed E-state index contributed by atoms with van der Waals surface area (Å²) in [7, 11) is 5.34. The number of nitrogens with zero attached hydrogens (tertiary/aromatic N) is 1. The number of allylic oxidation sites excluding steroid dienone is 2. The lowest BCUT2D eigenvalue weighted by molar-refractivity contribution is -0.889. The van der Waals surface area contributed by atoms with Gasteiger partial charge in [-0.05, 0) is 32.1 Å². The number of carbonyl (C=O) groups excluding carboxylic acids is 3. The number of quaternary nitrogens is 1. The SMILES string of the molecule is CCCCCCCC/C=C\CCCCCCCCCC(=O)OC(COCCC(C(=O)[O-])[N+](C)(C)C)COC(C)=O. The summed E-state index contributed by atoms with van der Waals surface area (Å²) in [4.78, 5) is 34.9. The Morgan fingerprint density at radius 1 is 0.775 bits per heavy atom. The van der Waals surface area contributed by atoms with Crippen molar-refractivity contribution in [3.8, 4) is 0 Å². The van der Waals surface area contributed by atoms with E-state index in [1.165, 1.54) is 84.0 Å². The predicted octanol–water partition coefficient (Wildman–Crippen LogP) is 5.51. The van der Waals surface area contributed by atoms with Crippen LogP contribution in [-0.4, -0.2) is 75.5 Å². The van der Waals surface area contributed by atoms with Crippen molar-refractivity contribution in [2.75, 3.05) is 41.0 Å². The zero-order valence-electron chi connectivity index (χ0n) is 26.3. The van der Waals surface area contributed by atoms with Crippen LogP contribution in [0.4, 0.5) is 0 Å². The van der Waals surface area contributed by atoms with Gasteiger partial charge in [-0.25, -0.2) is 0 Å². The quantitative estimate of drug-likeness (QED) is 0.0556. The number of ether oxygens (including phenoxy) is 3. The summed E-state index contributed by atoms with van der Waals surface area (Å²) in [5, 5.41) is 11.4. The van der Waals surface area contributed by atoms with E-state index in [0.717, 1.165) is 19.3 Å². The van der Waals surface area contributed by atoms with Crippen LogP contribution in [0.1, 0.15) is 123 Å². The van der Waals surface area contributed by atoms with Gasteiger partial charge in [0, 0.05) is 19.8 Å². The largest absolute Gasteiger partial charge is 0.544 e. The molecule has 8 heteroatoms. The Balaban J connectivity index is 3.95. The number of aliphatic carboxylic acids is 1. The highest BCUT2D eigenvalue weighted by Gasteiger charge is 2.25. The molecule has 0 spiro atoms. The van der Waals surface area contributed by atoms with Crippen molar-refractivity contribution in [1.29, 1.82) is 0 Å². The Morgan fingerprint density at radius 3 is 1.80 bits per heavy atom. The number of carboxylic acid groups (broad SMARTS) is 1. The minimum atomic E-state index is -1.13. The average Bonchev–Trinajstić information content (AvgIpc) is 2.87. The predicted molar refractivity (Wildman–Crippen MR) is 157 cm³/mol. The third-order valence-corrected chi connectivity index (χ3v) is 6.96. The summed E-state index contributed by atoms with van der Waals surface area (Å²) >= 11 is 0. The summed E-state index contributed by atoms with van der Waals surface area (Å²) in [6.07, 6.45) is 22.8. The molecule has 0 heterocycles. The molecular formula is C32H59NO7. The molecule has 8 nitrogen and oxygen atoms in total. The van der Waals surface area contributed by atoms with Crippen LogP contribution in [0.25, 0.3) is 0 Å². The lowest BCUT2D eigenvalue weighted by Crippen LogP contribution is -2.55. The van der Waals surface area contributed by atoms with Gasteiger partial charge in [-0.1, -0.05) is 83.3 Å². The van der Waals surface area contributed by atoms with Crippen LogP contribution in [-0.2, 0) is 28.6 Å². The average molecular weight is 570 g/mol. The number of esters is 2. The number of hydrogen-bond donors (Lipinski definition) is 0. The van der Waals surface area contributed by atoms with E-state index in [1.807, 2.05) is 0 Å². The first-order valence-corrected chi connectivity index (χ1v) is 15.7. The Labute approximate surface area is 244 Å². The molecule has 0 aliphatic heterocycles. The summed E-state index contributed by atoms with van der Waals surface area (Å²) in [6.45, 7) is 3.65. The van der Waals surface area contributed by atoms with Crippen LogP contribution < -0.4 is 5.11 Å². The van der Waals surface area contributed by atoms with Gasteiger partial charge >= 0.3 is 11.9 Å². The molecule has 0 radical (unpaired) electrons. The minimum Gasteiger partial charge on any atom is -0.544 e. The van der Waals surface area contributed by atoms with Crippen molar-refractivity contribution in [2.24, 2.45) is 0 Å². The van der Waals surface area contributed by atoms with Crippen LogP contribution in [0.3, 0.4) is 0 Å². The van der Waals surface area contributed by atoms with Crippen molar-refractivity contribution >= 4 is 17.9 Å². The van der Waals surface area contributed by atoms with Crippen LogP contribution in [0.2, 0.25) is 0 Å². The second kappa shape index (κ2) is 24.8. The number of likely N-dealkylation sites (N-methyl/N-ethyl adjacent to an activating group) is 1. The zero-order valence-corrected chi connectivity index (χ0v) is 26.3. The van der Waals surface area contributed by atoms with Gasteiger partial charge in [0.1, 0.15) is 12.6 Å². The van der Waals surface area contributed by atoms with Crippen LogP contribution >= 0.6 is 0 Å². The molecule has 0 saturated heterocycles. The minimum absolute atomic E-state index is 0.0319. The fraction of sp³-hybridized carbons (Fsp3) is 0.844. The second-order valence-electron chi connectivity index (χ2n) is 11.8. The Bertz CT molecular complexity index is 687. The van der Waals surface area contributed by atoms with E-state index in [4.69, 9.17) is 14.2 Å². The van der Waals surface area contributed by atoms with Gasteiger partial charge in [0.25, 0.3) is 0 Å². The normalized spacial score (nSPS) is 13.3. The van der Waals surface area contributed by atoms with E-state index in [2.05, 4.69) is 19.1 Å². The van der Waals surface area contributed by atoms with Gasteiger partial charge < -0.3 is 28.6 Å². The number of unbranched alkanes of at least 4 members (excludes halogenated alkanes) is 13. The molecule has 0 fully saturated rings. The first kappa shape index (κ1) is 38.1. The second-order valence-corrected chi connectivity index (χ2v) is 11.8. The molecule has 0 aromatic carbocycles. The third kappa shape index (κ3) is 23.9. The Morgan fingerprint density at radius 2 is 1.30 bits per heavy atom. The third-order valence-electron chi connectivity index (χ3n) is 6.96. The zero-order chi connectivity index (χ0) is 30.1. The van der Waals surface area contributed by atoms with E-state index >= 15 is 0 Å². The number of carboxylic acids is 1. The van der Waals surface area contributed by atoms with Gasteiger partial charge in [0.15, 0.2) is 6.10 Å². The first-order chi connectivity index (χ1) is 19.1. The maximum absolute atomic E-state index is 12.3. The van der Waals surface area contributed by atoms with E-state index < -0.39 is 24.1 Å². The van der Waals surface area contributed by atoms with Gasteiger partial charge in [0.2, 0.25) is 0 Å². The maximum atomic E-state index is 12.3. The van der Waals surface area contributed by atoms with Crippen LogP contribution in [0.5, 0.6) is 0 Å². The van der Waals surface area contributed by atoms with Gasteiger partial charge in [-0.15, -0.1) is 0 Å². The molecule has 0 aliphatic rings. The molecule has 0 aromatic heterocycles. The lowest BCUT2D eigenvalue weighted by Gasteiger charge is -2.34. The van der Waals surface area contributed by atoms with E-state index in [0.29, 0.717) is 6.42 Å². The standard InChI is InChI=1S/C32H59NO7/c1-6-7-8-9-10-11-12-13-14-15-16-17-18-19-20-21-22-23-31(35)40-29(27-39-28(2)34)26-38-25-24-30(32(36)37)33(3,4)5/h13-14,29-30H,6-12,15-27H2,1-5H3/b14-13-. The van der Waals surface area contributed by atoms with Crippen molar-refractivity contribution in [3.05, 3.63) is 12.2 Å². The molecule has 0 aromatic rings. The molecule has 2 atom stereocenters. The van der Waals surface area contributed by atoms with Crippen LogP contribution in [0, 0.1) is 0 Å². The fourth-order valence-corrected chi connectivity index (χ4v) is 4.50. The lowest BCUT2D eigenvalue weighted by atomic mass is 10.1. The van der Waals surface area contributed by atoms with E-state index in [9.17, 15) is 19.5 Å². The van der Waals surface area contributed by atoms with Crippen molar-refractivity contribution in [3.63, 3.8) is 0 Å². The molecule has 0 aliphatic carbocycles. The Kier molecular flexibility index (Phi) is 23.6. The van der Waals surface area contributed by atoms with Crippen molar-refractivity contribution < 1.29 is 38.2 Å². The molecule has 0 amide bonds. The molecule has 0 N–H and O–H groups in total. The topological polar surface area (TPSA) is 102 Å². The van der Waals surface area contributed by atoms with Gasteiger partial charge in [-0.2, -0.15) is 0 Å². The monoisotopic (exact) mass is 569 g/mol. The molecule has 234 valence electrons. The molecule has 0 saturated carbocycles. The molecule has 40 heavy (non-hydrogen) atoms. The van der Waals surface area contributed by atoms with Gasteiger partial charge in [0.05, 0.1) is 40.3 Å². The number of hydrogen-bond acceptors (Lipinski definition) is 7. The van der Waals surface area contributed by atoms with Crippen molar-refractivity contribution in [1.82, 2.24) is 0 Å². The maximum Gasteiger partial charge on any atom is 0.306 e. The summed E-state index contributed by atoms with van der Waals surface area (Å²) in [5.74, 6) is -1.94. The highest BCUT2D eigenvalue weighted by Crippen LogP contribution is 2.12. The molecule has 0 bridgehead atoms. The Hall–Kier alpha value is -1.93. The molecule has 2 unspecified atom stereocenters. The van der Waals surface area contributed by atoms with E-state index in [1.54, 1.807) is 21.1 Å². The highest BCUT2D eigenvalue weighted by atomic mass is 16.6. The van der Waals surface area contributed by atoms with Crippen molar-refractivity contribution in [2.45, 2.75) is 135 Å². The highest BCUT2D eigenvalue weighted by molar-refractivity contribution is 5.70.